The fourth-order valence-electron chi connectivity index (χ4n) is 1.80. The van der Waals surface area contributed by atoms with Crippen molar-refractivity contribution in [3.05, 3.63) is 0 Å². The van der Waals surface area contributed by atoms with Gasteiger partial charge in [0.1, 0.15) is 0 Å². The number of likely N-dealkylation sites (N-methyl/N-ethyl adjacent to an activating group) is 1. The van der Waals surface area contributed by atoms with Gasteiger partial charge in [0.15, 0.2) is 0 Å². The predicted molar refractivity (Wildman–Crippen MR) is 88.4 cm³/mol. The Morgan fingerprint density at radius 1 is 0.818 bits per heavy atom. The van der Waals surface area contributed by atoms with Crippen molar-refractivity contribution in [3.8, 4) is 0 Å². The molecule has 0 bridgehead atoms. The molecule has 0 aliphatic rings. The van der Waals surface area contributed by atoms with E-state index in [0.717, 1.165) is 13.1 Å². The summed E-state index contributed by atoms with van der Waals surface area (Å²) in [6.45, 7) is 4.85. The molecule has 2 amide bonds. The zero-order valence-electron chi connectivity index (χ0n) is 13.9. The number of carbonyl (C=O) groups is 2. The molecule has 0 aromatic rings. The molecule has 0 aromatic carbocycles. The van der Waals surface area contributed by atoms with Gasteiger partial charge in [0.25, 0.3) is 0 Å². The van der Waals surface area contributed by atoms with E-state index in [1.807, 2.05) is 14.1 Å². The monoisotopic (exact) mass is 316 g/mol. The Hall–Kier alpha value is -1.22. The Labute approximate surface area is 133 Å². The van der Waals surface area contributed by atoms with E-state index in [9.17, 15) is 9.59 Å². The number of hydrogen-bond donors (Lipinski definition) is 4. The smallest absolute Gasteiger partial charge is 0.221 e. The Balaban J connectivity index is 4.13. The Morgan fingerprint density at radius 2 is 1.27 bits per heavy atom. The Morgan fingerprint density at radius 3 is 1.64 bits per heavy atom. The number of amides is 2. The number of nitrogens with two attached hydrogens (primary N) is 2. The second kappa shape index (κ2) is 13.4. The van der Waals surface area contributed by atoms with E-state index in [2.05, 4.69) is 20.4 Å². The molecule has 8 nitrogen and oxygen atoms in total. The van der Waals surface area contributed by atoms with Crippen LogP contribution in [0.25, 0.3) is 0 Å². The summed E-state index contributed by atoms with van der Waals surface area (Å²) >= 11 is 0. The number of nitrogens with one attached hydrogen (secondary N) is 2. The molecule has 130 valence electrons. The highest BCUT2D eigenvalue weighted by Gasteiger charge is 2.10. The van der Waals surface area contributed by atoms with Gasteiger partial charge in [-0.15, -0.1) is 0 Å². The molecule has 0 heterocycles. The Kier molecular flexibility index (Phi) is 12.7. The summed E-state index contributed by atoms with van der Waals surface area (Å²) in [6, 6.07) is 0. The van der Waals surface area contributed by atoms with Gasteiger partial charge >= 0.3 is 0 Å². The third-order valence-corrected chi connectivity index (χ3v) is 3.11. The molecule has 0 radical (unpaired) electrons. The summed E-state index contributed by atoms with van der Waals surface area (Å²) < 4.78 is 0. The lowest BCUT2D eigenvalue weighted by atomic mass is 10.3. The second-order valence-corrected chi connectivity index (χ2v) is 5.42. The zero-order valence-corrected chi connectivity index (χ0v) is 13.9. The molecule has 0 spiro atoms. The van der Waals surface area contributed by atoms with E-state index in [-0.39, 0.29) is 11.8 Å². The lowest BCUT2D eigenvalue weighted by Crippen LogP contribution is -2.38. The fraction of sp³-hybridized carbons (Fsp3) is 0.857. The molecule has 0 fully saturated rings. The van der Waals surface area contributed by atoms with Crippen molar-refractivity contribution in [1.29, 1.82) is 0 Å². The maximum Gasteiger partial charge on any atom is 0.221 e. The van der Waals surface area contributed by atoms with Crippen LogP contribution in [0.1, 0.15) is 12.8 Å². The van der Waals surface area contributed by atoms with Crippen LogP contribution < -0.4 is 22.1 Å². The van der Waals surface area contributed by atoms with Gasteiger partial charge in [0.05, 0.1) is 0 Å². The van der Waals surface area contributed by atoms with E-state index in [4.69, 9.17) is 11.5 Å². The third-order valence-electron chi connectivity index (χ3n) is 3.11. The van der Waals surface area contributed by atoms with Gasteiger partial charge in [-0.2, -0.15) is 0 Å². The molecule has 0 unspecified atom stereocenters. The molecule has 0 saturated carbocycles. The van der Waals surface area contributed by atoms with E-state index in [0.29, 0.717) is 52.1 Å². The largest absolute Gasteiger partial charge is 0.355 e. The third kappa shape index (κ3) is 12.5. The van der Waals surface area contributed by atoms with Crippen molar-refractivity contribution in [2.45, 2.75) is 12.8 Å². The highest BCUT2D eigenvalue weighted by Crippen LogP contribution is 1.96. The predicted octanol–water partition coefficient (Wildman–Crippen LogP) is -2.22. The quantitative estimate of drug-likeness (QED) is 0.306. The van der Waals surface area contributed by atoms with Crippen LogP contribution in [0.15, 0.2) is 0 Å². The minimum Gasteiger partial charge on any atom is -0.355 e. The molecule has 8 heteroatoms. The molecule has 22 heavy (non-hydrogen) atoms. The standard InChI is InChI=1S/C14H32N6O2/c1-19(2)11-12-20(9-3-13(21)17-7-5-15)10-4-14(22)18-8-6-16/h3-12,15-16H2,1-2H3,(H,17,21)(H,18,22). The molecule has 0 saturated heterocycles. The summed E-state index contributed by atoms with van der Waals surface area (Å²) in [6.07, 6.45) is 0.829. The first kappa shape index (κ1) is 20.8. The molecule has 6 N–H and O–H groups in total. The molecule has 0 aliphatic heterocycles. The van der Waals surface area contributed by atoms with E-state index in [1.165, 1.54) is 0 Å². The topological polar surface area (TPSA) is 117 Å². The summed E-state index contributed by atoms with van der Waals surface area (Å²) in [4.78, 5) is 27.5. The second-order valence-electron chi connectivity index (χ2n) is 5.42. The van der Waals surface area contributed by atoms with Gasteiger partial charge in [-0.1, -0.05) is 0 Å². The number of carbonyl (C=O) groups excluding carboxylic acids is 2. The van der Waals surface area contributed by atoms with Crippen molar-refractivity contribution in [2.24, 2.45) is 11.5 Å². The van der Waals surface area contributed by atoms with Crippen LogP contribution in [0.4, 0.5) is 0 Å². The normalized spacial score (nSPS) is 11.0. The van der Waals surface area contributed by atoms with Crippen LogP contribution in [0.3, 0.4) is 0 Å². The first-order chi connectivity index (χ1) is 10.5. The van der Waals surface area contributed by atoms with Gasteiger partial charge in [0.2, 0.25) is 11.8 Å². The van der Waals surface area contributed by atoms with Crippen molar-refractivity contribution < 1.29 is 9.59 Å². The maximum atomic E-state index is 11.6. The summed E-state index contributed by atoms with van der Waals surface area (Å²) in [5.74, 6) is -0.0132. The van der Waals surface area contributed by atoms with Crippen molar-refractivity contribution in [2.75, 3.05) is 66.5 Å². The minimum absolute atomic E-state index is 0.00659. The molecular formula is C14H32N6O2. The average Bonchev–Trinajstić information content (AvgIpc) is 2.49. The molecular weight excluding hydrogens is 284 g/mol. The van der Waals surface area contributed by atoms with Gasteiger partial charge < -0.3 is 31.9 Å². The lowest BCUT2D eigenvalue weighted by molar-refractivity contribution is -0.121. The number of rotatable bonds is 13. The van der Waals surface area contributed by atoms with Crippen LogP contribution in [-0.2, 0) is 9.59 Å². The first-order valence-corrected chi connectivity index (χ1v) is 7.80. The van der Waals surface area contributed by atoms with E-state index < -0.39 is 0 Å². The highest BCUT2D eigenvalue weighted by atomic mass is 16.2. The maximum absolute atomic E-state index is 11.6. The average molecular weight is 316 g/mol. The summed E-state index contributed by atoms with van der Waals surface area (Å²) in [7, 11) is 4.00. The molecule has 0 rings (SSSR count). The molecule has 0 aromatic heterocycles. The first-order valence-electron chi connectivity index (χ1n) is 7.80. The zero-order chi connectivity index (χ0) is 16.8. The van der Waals surface area contributed by atoms with E-state index in [1.54, 1.807) is 0 Å². The van der Waals surface area contributed by atoms with Crippen LogP contribution in [0.5, 0.6) is 0 Å². The van der Waals surface area contributed by atoms with Crippen molar-refractivity contribution >= 4 is 11.8 Å². The number of hydrogen-bond acceptors (Lipinski definition) is 6. The highest BCUT2D eigenvalue weighted by molar-refractivity contribution is 5.76. The Bertz CT molecular complexity index is 288. The lowest BCUT2D eigenvalue weighted by Gasteiger charge is -2.23. The van der Waals surface area contributed by atoms with Crippen LogP contribution in [0, 0.1) is 0 Å². The van der Waals surface area contributed by atoms with Crippen molar-refractivity contribution in [1.82, 2.24) is 20.4 Å². The van der Waals surface area contributed by atoms with Gasteiger partial charge in [-0.05, 0) is 14.1 Å². The van der Waals surface area contributed by atoms with Gasteiger partial charge in [-0.25, -0.2) is 0 Å². The van der Waals surface area contributed by atoms with E-state index >= 15 is 0 Å². The minimum atomic E-state index is -0.00659. The van der Waals surface area contributed by atoms with Crippen LogP contribution in [-0.4, -0.2) is 88.1 Å². The van der Waals surface area contributed by atoms with Crippen LogP contribution in [0.2, 0.25) is 0 Å². The summed E-state index contributed by atoms with van der Waals surface area (Å²) in [5.41, 5.74) is 10.7. The number of nitrogens with zero attached hydrogens (tertiary/aromatic N) is 2. The summed E-state index contributed by atoms with van der Waals surface area (Å²) in [5, 5.41) is 5.50. The van der Waals surface area contributed by atoms with Crippen molar-refractivity contribution in [3.63, 3.8) is 0 Å². The molecule has 0 aliphatic carbocycles. The SMILES string of the molecule is CN(C)CCN(CCC(=O)NCCN)CCC(=O)NCCN. The van der Waals surface area contributed by atoms with Gasteiger partial charge in [0, 0.05) is 65.2 Å². The van der Waals surface area contributed by atoms with Crippen LogP contribution >= 0.6 is 0 Å². The fourth-order valence-corrected chi connectivity index (χ4v) is 1.80. The van der Waals surface area contributed by atoms with Gasteiger partial charge in [-0.3, -0.25) is 9.59 Å². The molecule has 0 atom stereocenters.